The summed E-state index contributed by atoms with van der Waals surface area (Å²) in [7, 11) is 0. The summed E-state index contributed by atoms with van der Waals surface area (Å²) in [4.78, 5) is 8.88. The van der Waals surface area contributed by atoms with Crippen molar-refractivity contribution < 1.29 is 0 Å². The van der Waals surface area contributed by atoms with Crippen molar-refractivity contribution in [2.75, 3.05) is 5.32 Å². The second kappa shape index (κ2) is 6.42. The van der Waals surface area contributed by atoms with Crippen molar-refractivity contribution in [3.05, 3.63) is 61.8 Å². The Bertz CT molecular complexity index is 805. The van der Waals surface area contributed by atoms with Gasteiger partial charge in [0.05, 0.1) is 23.4 Å². The molecule has 0 unspecified atom stereocenters. The van der Waals surface area contributed by atoms with Crippen LogP contribution >= 0.6 is 47.8 Å². The van der Waals surface area contributed by atoms with E-state index in [9.17, 15) is 0 Å². The maximum absolute atomic E-state index is 4.48. The zero-order valence-corrected chi connectivity index (χ0v) is 15.5. The van der Waals surface area contributed by atoms with Crippen LogP contribution in [0.15, 0.2) is 56.1 Å². The molecule has 1 N–H and O–H groups in total. The van der Waals surface area contributed by atoms with E-state index >= 15 is 0 Å². The molecule has 6 heteroatoms. The highest BCUT2D eigenvalue weighted by Gasteiger charge is 2.06. The second-order valence-electron chi connectivity index (χ2n) is 4.47. The van der Waals surface area contributed by atoms with Gasteiger partial charge >= 0.3 is 0 Å². The molecule has 0 saturated heterocycles. The van der Waals surface area contributed by atoms with Crippen LogP contribution in [0.4, 0.5) is 5.69 Å². The summed E-state index contributed by atoms with van der Waals surface area (Å²) >= 11 is 10.4. The van der Waals surface area contributed by atoms with E-state index in [1.54, 1.807) is 12.4 Å². The van der Waals surface area contributed by atoms with Crippen LogP contribution in [0.3, 0.4) is 0 Å². The number of hydrogen-bond donors (Lipinski definition) is 1. The average Bonchev–Trinajstić information content (AvgIpc) is 2.46. The lowest BCUT2D eigenvalue weighted by Gasteiger charge is -2.10. The van der Waals surface area contributed by atoms with Gasteiger partial charge in [-0.15, -0.1) is 0 Å². The molecule has 0 saturated carbocycles. The molecule has 3 rings (SSSR count). The number of anilines is 1. The predicted octanol–water partition coefficient (Wildman–Crippen LogP) is 5.53. The van der Waals surface area contributed by atoms with Gasteiger partial charge < -0.3 is 5.32 Å². The second-order valence-corrected chi connectivity index (χ2v) is 7.15. The van der Waals surface area contributed by atoms with Crippen molar-refractivity contribution in [3.8, 4) is 0 Å². The van der Waals surface area contributed by atoms with Gasteiger partial charge in [0.25, 0.3) is 0 Å². The SMILES string of the molecule is Brc1cnc(CNc2cccc3cc(Br)cnc23)c(Br)c1. The van der Waals surface area contributed by atoms with E-state index in [-0.39, 0.29) is 0 Å². The Morgan fingerprint density at radius 2 is 1.71 bits per heavy atom. The van der Waals surface area contributed by atoms with Crippen LogP contribution in [0, 0.1) is 0 Å². The Morgan fingerprint density at radius 3 is 2.52 bits per heavy atom. The molecule has 0 bridgehead atoms. The Balaban J connectivity index is 1.88. The van der Waals surface area contributed by atoms with Gasteiger partial charge in [-0.2, -0.15) is 0 Å². The van der Waals surface area contributed by atoms with Gasteiger partial charge in [-0.05, 0) is 66.0 Å². The molecule has 2 heterocycles. The minimum atomic E-state index is 0.630. The predicted molar refractivity (Wildman–Crippen MR) is 96.4 cm³/mol. The van der Waals surface area contributed by atoms with Crippen molar-refractivity contribution in [1.29, 1.82) is 0 Å². The van der Waals surface area contributed by atoms with E-state index in [0.717, 1.165) is 35.7 Å². The topological polar surface area (TPSA) is 37.8 Å². The van der Waals surface area contributed by atoms with E-state index < -0.39 is 0 Å². The number of rotatable bonds is 3. The van der Waals surface area contributed by atoms with Crippen molar-refractivity contribution in [3.63, 3.8) is 0 Å². The average molecular weight is 472 g/mol. The lowest BCUT2D eigenvalue weighted by atomic mass is 10.2. The first-order valence-corrected chi connectivity index (χ1v) is 8.59. The van der Waals surface area contributed by atoms with Gasteiger partial charge in [0, 0.05) is 31.2 Å². The number of halogens is 3. The zero-order valence-electron chi connectivity index (χ0n) is 10.8. The molecule has 106 valence electrons. The number of para-hydroxylation sites is 1. The molecule has 0 radical (unpaired) electrons. The third-order valence-electron chi connectivity index (χ3n) is 3.01. The summed E-state index contributed by atoms with van der Waals surface area (Å²) in [6, 6.07) is 10.1. The largest absolute Gasteiger partial charge is 0.378 e. The normalized spacial score (nSPS) is 10.8. The number of benzene rings is 1. The molecule has 0 fully saturated rings. The molecule has 0 aliphatic rings. The molecule has 2 aromatic heterocycles. The molecule has 0 aliphatic carbocycles. The fourth-order valence-electron chi connectivity index (χ4n) is 2.03. The zero-order chi connectivity index (χ0) is 14.8. The standard InChI is InChI=1S/C15H10Br3N3/c16-10-4-9-2-1-3-13(15(9)21-7-10)20-8-14-12(18)5-11(17)6-19-14/h1-7,20H,8H2. The summed E-state index contributed by atoms with van der Waals surface area (Å²) in [6.45, 7) is 0.630. The third kappa shape index (κ3) is 3.44. The highest BCUT2D eigenvalue weighted by atomic mass is 79.9. The minimum Gasteiger partial charge on any atom is -0.378 e. The van der Waals surface area contributed by atoms with Gasteiger partial charge in [-0.1, -0.05) is 12.1 Å². The Labute approximate surface area is 147 Å². The maximum Gasteiger partial charge on any atom is 0.0934 e. The summed E-state index contributed by atoms with van der Waals surface area (Å²) < 4.78 is 2.90. The summed E-state index contributed by atoms with van der Waals surface area (Å²) in [5, 5.41) is 4.49. The van der Waals surface area contributed by atoms with Crippen LogP contribution < -0.4 is 5.32 Å². The van der Waals surface area contributed by atoms with Crippen molar-refractivity contribution in [2.24, 2.45) is 0 Å². The molecule has 21 heavy (non-hydrogen) atoms. The first kappa shape index (κ1) is 14.9. The summed E-state index contributed by atoms with van der Waals surface area (Å²) in [6.07, 6.45) is 3.60. The maximum atomic E-state index is 4.48. The first-order chi connectivity index (χ1) is 10.1. The molecule has 0 amide bonds. The third-order valence-corrected chi connectivity index (χ3v) is 4.56. The van der Waals surface area contributed by atoms with Crippen LogP contribution in [0.1, 0.15) is 5.69 Å². The lowest BCUT2D eigenvalue weighted by molar-refractivity contribution is 1.03. The van der Waals surface area contributed by atoms with E-state index in [2.05, 4.69) is 69.1 Å². The molecule has 1 aromatic carbocycles. The molecule has 0 spiro atoms. The number of aromatic nitrogens is 2. The molecule has 0 aliphatic heterocycles. The van der Waals surface area contributed by atoms with Crippen molar-refractivity contribution >= 4 is 64.4 Å². The highest BCUT2D eigenvalue weighted by Crippen LogP contribution is 2.25. The fourth-order valence-corrected chi connectivity index (χ4v) is 3.51. The number of fused-ring (bicyclic) bond motifs is 1. The molecule has 0 atom stereocenters. The quantitative estimate of drug-likeness (QED) is 0.545. The van der Waals surface area contributed by atoms with Crippen LogP contribution in [-0.4, -0.2) is 9.97 Å². The highest BCUT2D eigenvalue weighted by molar-refractivity contribution is 9.11. The van der Waals surface area contributed by atoms with Crippen LogP contribution in [0.2, 0.25) is 0 Å². The molecular formula is C15H10Br3N3. The summed E-state index contributed by atoms with van der Waals surface area (Å²) in [5.41, 5.74) is 2.90. The lowest BCUT2D eigenvalue weighted by Crippen LogP contribution is -2.03. The fraction of sp³-hybridized carbons (Fsp3) is 0.0667. The van der Waals surface area contributed by atoms with Gasteiger partial charge in [-0.25, -0.2) is 0 Å². The Kier molecular flexibility index (Phi) is 4.57. The number of hydrogen-bond acceptors (Lipinski definition) is 3. The van der Waals surface area contributed by atoms with E-state index in [1.807, 2.05) is 24.3 Å². The summed E-state index contributed by atoms with van der Waals surface area (Å²) in [5.74, 6) is 0. The molecule has 3 aromatic rings. The molecular weight excluding hydrogens is 462 g/mol. The number of pyridine rings is 2. The monoisotopic (exact) mass is 469 g/mol. The van der Waals surface area contributed by atoms with E-state index in [4.69, 9.17) is 0 Å². The van der Waals surface area contributed by atoms with Gasteiger partial charge in [-0.3, -0.25) is 9.97 Å². The van der Waals surface area contributed by atoms with Gasteiger partial charge in [0.1, 0.15) is 0 Å². The Morgan fingerprint density at radius 1 is 0.952 bits per heavy atom. The molecule has 3 nitrogen and oxygen atoms in total. The van der Waals surface area contributed by atoms with Crippen molar-refractivity contribution in [2.45, 2.75) is 6.54 Å². The number of nitrogens with zero attached hydrogens (tertiary/aromatic N) is 2. The van der Waals surface area contributed by atoms with E-state index in [1.165, 1.54) is 0 Å². The Hall–Kier alpha value is -0.980. The minimum absolute atomic E-state index is 0.630. The van der Waals surface area contributed by atoms with Gasteiger partial charge in [0.2, 0.25) is 0 Å². The first-order valence-electron chi connectivity index (χ1n) is 6.21. The van der Waals surface area contributed by atoms with Crippen LogP contribution in [0.25, 0.3) is 10.9 Å². The van der Waals surface area contributed by atoms with Crippen LogP contribution in [-0.2, 0) is 6.54 Å². The van der Waals surface area contributed by atoms with Crippen molar-refractivity contribution in [1.82, 2.24) is 9.97 Å². The smallest absolute Gasteiger partial charge is 0.0934 e. The number of nitrogens with one attached hydrogen (secondary N) is 1. The van der Waals surface area contributed by atoms with Gasteiger partial charge in [0.15, 0.2) is 0 Å². The van der Waals surface area contributed by atoms with Crippen LogP contribution in [0.5, 0.6) is 0 Å². The van der Waals surface area contributed by atoms with E-state index in [0.29, 0.717) is 6.54 Å².